The fraction of sp³-hybridized carbons (Fsp3) is 0.278. The van der Waals surface area contributed by atoms with Crippen LogP contribution in [-0.2, 0) is 5.41 Å². The molecule has 1 nitrogen and oxygen atoms in total. The van der Waals surface area contributed by atoms with Gasteiger partial charge in [-0.25, -0.2) is 0 Å². The van der Waals surface area contributed by atoms with Crippen molar-refractivity contribution in [2.24, 2.45) is 0 Å². The fourth-order valence-electron chi connectivity index (χ4n) is 2.63. The van der Waals surface area contributed by atoms with E-state index in [2.05, 4.69) is 69.6 Å². The summed E-state index contributed by atoms with van der Waals surface area (Å²) in [6.45, 7) is 12.5. The number of rotatable bonds is 3. The lowest BCUT2D eigenvalue weighted by molar-refractivity contribution is 0.621. The topological polar surface area (TPSA) is 12.9 Å². The van der Waals surface area contributed by atoms with Crippen LogP contribution in [0.2, 0.25) is 0 Å². The van der Waals surface area contributed by atoms with Gasteiger partial charge < -0.3 is 0 Å². The molecule has 0 atom stereocenters. The zero-order valence-corrected chi connectivity index (χ0v) is 12.2. The van der Waals surface area contributed by atoms with Gasteiger partial charge in [0.2, 0.25) is 0 Å². The Morgan fingerprint density at radius 2 is 1.95 bits per heavy atom. The average molecular weight is 251 g/mol. The molecule has 0 unspecified atom stereocenters. The lowest BCUT2D eigenvalue weighted by Crippen LogP contribution is -2.21. The summed E-state index contributed by atoms with van der Waals surface area (Å²) in [5.74, 6) is 0. The van der Waals surface area contributed by atoms with Gasteiger partial charge in [-0.1, -0.05) is 62.4 Å². The second-order valence-electron chi connectivity index (χ2n) is 5.52. The van der Waals surface area contributed by atoms with Gasteiger partial charge in [-0.15, -0.1) is 0 Å². The van der Waals surface area contributed by atoms with Gasteiger partial charge in [-0.3, -0.25) is 4.98 Å². The van der Waals surface area contributed by atoms with E-state index >= 15 is 0 Å². The monoisotopic (exact) mass is 251 g/mol. The molecule has 0 fully saturated rings. The summed E-state index contributed by atoms with van der Waals surface area (Å²) in [6.07, 6.45) is 5.89. The molecule has 0 aliphatic heterocycles. The molecule has 0 saturated carbocycles. The molecular formula is C18H21N. The standard InChI is InChI=1S/C18H21N/c1-6-9-13(2)18(4,5)17-14(3)19-12-15-10-7-8-11-16(15)17/h6-12H,1H2,2-5H3/b13-9+. The molecule has 19 heavy (non-hydrogen) atoms. The van der Waals surface area contributed by atoms with E-state index in [0.717, 1.165) is 5.69 Å². The Morgan fingerprint density at radius 1 is 1.26 bits per heavy atom. The normalized spacial score (nSPS) is 12.7. The highest BCUT2D eigenvalue weighted by Gasteiger charge is 2.26. The van der Waals surface area contributed by atoms with E-state index in [0.29, 0.717) is 0 Å². The smallest absolute Gasteiger partial charge is 0.0419 e. The van der Waals surface area contributed by atoms with E-state index in [-0.39, 0.29) is 5.41 Å². The van der Waals surface area contributed by atoms with Gasteiger partial charge in [0.15, 0.2) is 0 Å². The van der Waals surface area contributed by atoms with Gasteiger partial charge in [-0.2, -0.15) is 0 Å². The van der Waals surface area contributed by atoms with Crippen LogP contribution in [0.3, 0.4) is 0 Å². The molecule has 2 rings (SSSR count). The summed E-state index contributed by atoms with van der Waals surface area (Å²) in [4.78, 5) is 4.56. The first-order valence-electron chi connectivity index (χ1n) is 6.63. The first kappa shape index (κ1) is 13.5. The van der Waals surface area contributed by atoms with Crippen molar-refractivity contribution in [3.8, 4) is 0 Å². The Labute approximate surface area is 115 Å². The molecule has 98 valence electrons. The number of hydrogen-bond donors (Lipinski definition) is 0. The number of fused-ring (bicyclic) bond motifs is 1. The summed E-state index contributed by atoms with van der Waals surface area (Å²) >= 11 is 0. The van der Waals surface area contributed by atoms with Gasteiger partial charge in [0.1, 0.15) is 0 Å². The highest BCUT2D eigenvalue weighted by atomic mass is 14.7. The zero-order valence-electron chi connectivity index (χ0n) is 12.2. The third kappa shape index (κ3) is 2.33. The van der Waals surface area contributed by atoms with Gasteiger partial charge in [0.05, 0.1) is 0 Å². The van der Waals surface area contributed by atoms with Crippen molar-refractivity contribution in [1.82, 2.24) is 4.98 Å². The van der Waals surface area contributed by atoms with Crippen LogP contribution in [0, 0.1) is 6.92 Å². The fourth-order valence-corrected chi connectivity index (χ4v) is 2.63. The molecule has 1 aromatic heterocycles. The Kier molecular flexibility index (Phi) is 3.57. The highest BCUT2D eigenvalue weighted by Crippen LogP contribution is 2.37. The second kappa shape index (κ2) is 5.00. The largest absolute Gasteiger partial charge is 0.261 e. The summed E-state index contributed by atoms with van der Waals surface area (Å²) in [7, 11) is 0. The molecular weight excluding hydrogens is 230 g/mol. The Bertz CT molecular complexity index is 648. The Morgan fingerprint density at radius 3 is 2.63 bits per heavy atom. The van der Waals surface area contributed by atoms with Crippen molar-refractivity contribution in [3.05, 3.63) is 66.0 Å². The van der Waals surface area contributed by atoms with E-state index in [1.807, 2.05) is 12.3 Å². The third-order valence-corrected chi connectivity index (χ3v) is 3.97. The van der Waals surface area contributed by atoms with Gasteiger partial charge in [-0.05, 0) is 24.8 Å². The number of pyridine rings is 1. The molecule has 2 aromatic rings. The summed E-state index contributed by atoms with van der Waals surface area (Å²) < 4.78 is 0. The van der Waals surface area contributed by atoms with Crippen LogP contribution >= 0.6 is 0 Å². The third-order valence-electron chi connectivity index (χ3n) is 3.97. The summed E-state index contributed by atoms with van der Waals surface area (Å²) in [5.41, 5.74) is 3.65. The molecule has 1 heteroatoms. The highest BCUT2D eigenvalue weighted by molar-refractivity contribution is 5.87. The number of nitrogens with zero attached hydrogens (tertiary/aromatic N) is 1. The number of aromatic nitrogens is 1. The zero-order chi connectivity index (χ0) is 14.0. The maximum absolute atomic E-state index is 4.56. The van der Waals surface area contributed by atoms with Crippen LogP contribution in [0.5, 0.6) is 0 Å². The minimum absolute atomic E-state index is 0.0495. The molecule has 0 bridgehead atoms. The minimum Gasteiger partial charge on any atom is -0.261 e. The van der Waals surface area contributed by atoms with Crippen LogP contribution in [0.4, 0.5) is 0 Å². The first-order valence-corrected chi connectivity index (χ1v) is 6.63. The van der Waals surface area contributed by atoms with Crippen LogP contribution in [0.15, 0.2) is 54.8 Å². The number of aryl methyl sites for hydroxylation is 1. The first-order chi connectivity index (χ1) is 8.98. The van der Waals surface area contributed by atoms with Gasteiger partial charge in [0, 0.05) is 22.7 Å². The van der Waals surface area contributed by atoms with Crippen LogP contribution in [-0.4, -0.2) is 4.98 Å². The molecule has 0 spiro atoms. The van der Waals surface area contributed by atoms with Crippen molar-refractivity contribution >= 4 is 10.8 Å². The Balaban J connectivity index is 2.77. The van der Waals surface area contributed by atoms with Crippen molar-refractivity contribution in [2.75, 3.05) is 0 Å². The molecule has 1 heterocycles. The molecule has 0 aliphatic carbocycles. The van der Waals surface area contributed by atoms with Crippen LogP contribution in [0.1, 0.15) is 32.0 Å². The Hall–Kier alpha value is -1.89. The van der Waals surface area contributed by atoms with Crippen LogP contribution < -0.4 is 0 Å². The molecule has 0 N–H and O–H groups in total. The van der Waals surface area contributed by atoms with Crippen molar-refractivity contribution < 1.29 is 0 Å². The van der Waals surface area contributed by atoms with Gasteiger partial charge in [0.25, 0.3) is 0 Å². The number of benzene rings is 1. The number of hydrogen-bond acceptors (Lipinski definition) is 1. The van der Waals surface area contributed by atoms with E-state index in [9.17, 15) is 0 Å². The van der Waals surface area contributed by atoms with E-state index in [1.165, 1.54) is 21.9 Å². The van der Waals surface area contributed by atoms with Crippen molar-refractivity contribution in [1.29, 1.82) is 0 Å². The van der Waals surface area contributed by atoms with Crippen LogP contribution in [0.25, 0.3) is 10.8 Å². The minimum atomic E-state index is -0.0495. The lowest BCUT2D eigenvalue weighted by atomic mass is 9.75. The second-order valence-corrected chi connectivity index (χ2v) is 5.52. The molecule has 0 aliphatic rings. The molecule has 1 aromatic carbocycles. The average Bonchev–Trinajstić information content (AvgIpc) is 2.38. The molecule has 0 amide bonds. The summed E-state index contributed by atoms with van der Waals surface area (Å²) in [6, 6.07) is 8.45. The predicted octanol–water partition coefficient (Wildman–Crippen LogP) is 4.95. The van der Waals surface area contributed by atoms with E-state index in [1.54, 1.807) is 0 Å². The maximum Gasteiger partial charge on any atom is 0.0419 e. The number of allylic oxidation sites excluding steroid dienone is 3. The molecule has 0 saturated heterocycles. The van der Waals surface area contributed by atoms with Crippen molar-refractivity contribution in [3.63, 3.8) is 0 Å². The SMILES string of the molecule is C=C/C=C(\C)C(C)(C)c1c(C)ncc2ccccc12. The molecule has 0 radical (unpaired) electrons. The summed E-state index contributed by atoms with van der Waals surface area (Å²) in [5, 5.41) is 2.49. The van der Waals surface area contributed by atoms with Crippen molar-refractivity contribution in [2.45, 2.75) is 33.1 Å². The maximum atomic E-state index is 4.56. The quantitative estimate of drug-likeness (QED) is 0.703. The predicted molar refractivity (Wildman–Crippen MR) is 83.5 cm³/mol. The lowest BCUT2D eigenvalue weighted by Gasteiger charge is -2.29. The van der Waals surface area contributed by atoms with Gasteiger partial charge >= 0.3 is 0 Å². The van der Waals surface area contributed by atoms with E-state index in [4.69, 9.17) is 0 Å². The van der Waals surface area contributed by atoms with E-state index < -0.39 is 0 Å².